The molecule has 0 amide bonds. The molecule has 2 heteroatoms. The standard InChI is InChI=1S/C23H21.C18H17.2CH3.Si.Zr/c1-14-12-21-16(3)15(2)17(4)23(22(21)13-14)20-11-7-9-18-8-5-6-10-19(18)20;1-13(2)16-11-15-9-6-10-17(18(15)12-16)14-7-4-3-5-8-14;;;;/h5-13H,1-4H3;3-13H,1-2H3;2*1H3;;/q4*-1;;. The Bertz CT molecular complexity index is 2020. The SMILES string of the molecule is CC(C)c1cc2c(-c3ccccc3)cccc2[cH-]1.Cc1cc2c(-c3cccc4ccccc34)c(C)c(C)c(C)c2[cH-]1.[CH3-].[CH3-].[Si]=[Zr]. The van der Waals surface area contributed by atoms with Gasteiger partial charge in [0.05, 0.1) is 0 Å². The van der Waals surface area contributed by atoms with Gasteiger partial charge >= 0.3 is 30.2 Å². The molecule has 2 radical (unpaired) electrons. The Hall–Kier alpha value is -3.32. The van der Waals surface area contributed by atoms with Crippen LogP contribution in [0.1, 0.15) is 47.6 Å². The van der Waals surface area contributed by atoms with E-state index < -0.39 is 0 Å². The van der Waals surface area contributed by atoms with E-state index in [2.05, 4.69) is 164 Å². The number of hydrogen-bond donors (Lipinski definition) is 0. The molecule has 0 saturated carbocycles. The normalized spacial score (nSPS) is 10.4. The van der Waals surface area contributed by atoms with E-state index >= 15 is 0 Å². The average Bonchev–Trinajstić information content (AvgIpc) is 3.66. The third kappa shape index (κ3) is 7.24. The fourth-order valence-electron chi connectivity index (χ4n) is 6.29. The molecule has 45 heavy (non-hydrogen) atoms. The minimum atomic E-state index is 0. The Morgan fingerprint density at radius 2 is 1.20 bits per heavy atom. The van der Waals surface area contributed by atoms with E-state index in [9.17, 15) is 0 Å². The van der Waals surface area contributed by atoms with Crippen molar-refractivity contribution in [2.24, 2.45) is 0 Å². The van der Waals surface area contributed by atoms with Crippen LogP contribution in [0.25, 0.3) is 54.6 Å². The molecular formula is C43H44SiZr-4. The van der Waals surface area contributed by atoms with Crippen molar-refractivity contribution in [1.29, 1.82) is 0 Å². The molecule has 0 aliphatic rings. The van der Waals surface area contributed by atoms with Crippen molar-refractivity contribution < 1.29 is 23.3 Å². The van der Waals surface area contributed by atoms with Crippen LogP contribution in [-0.4, -0.2) is 6.88 Å². The third-order valence-corrected chi connectivity index (χ3v) is 8.79. The molecule has 0 N–H and O–H groups in total. The fourth-order valence-corrected chi connectivity index (χ4v) is 6.29. The first-order chi connectivity index (χ1) is 20.8. The summed E-state index contributed by atoms with van der Waals surface area (Å²) in [6, 6.07) is 41.8. The zero-order valence-electron chi connectivity index (χ0n) is 28.0. The molecule has 0 aromatic heterocycles. The molecule has 0 unspecified atom stereocenters. The third-order valence-electron chi connectivity index (χ3n) is 8.79. The van der Waals surface area contributed by atoms with Gasteiger partial charge in [0.2, 0.25) is 0 Å². The van der Waals surface area contributed by atoms with Crippen LogP contribution in [-0.2, 0) is 23.3 Å². The van der Waals surface area contributed by atoms with Gasteiger partial charge in [0.1, 0.15) is 0 Å². The molecule has 7 rings (SSSR count). The van der Waals surface area contributed by atoms with Crippen LogP contribution in [0.3, 0.4) is 0 Å². The number of hydrogen-bond acceptors (Lipinski definition) is 0. The molecule has 0 aliphatic carbocycles. The van der Waals surface area contributed by atoms with E-state index in [-0.39, 0.29) is 14.9 Å². The number of benzene rings is 5. The molecule has 0 atom stereocenters. The van der Waals surface area contributed by atoms with Crippen molar-refractivity contribution >= 4 is 39.2 Å². The quantitative estimate of drug-likeness (QED) is 0.129. The molecule has 0 heterocycles. The topological polar surface area (TPSA) is 0 Å². The maximum atomic E-state index is 3.06. The van der Waals surface area contributed by atoms with Gasteiger partial charge in [-0.05, 0) is 41.7 Å². The van der Waals surface area contributed by atoms with Gasteiger partial charge in [-0.25, -0.2) is 0 Å². The first kappa shape index (κ1) is 36.2. The first-order valence-corrected chi connectivity index (χ1v) is 19.2. The molecule has 0 spiro atoms. The molecule has 7 aromatic rings. The predicted molar refractivity (Wildman–Crippen MR) is 199 cm³/mol. The van der Waals surface area contributed by atoms with Gasteiger partial charge in [-0.2, -0.15) is 12.1 Å². The van der Waals surface area contributed by atoms with E-state index in [4.69, 9.17) is 0 Å². The zero-order chi connectivity index (χ0) is 30.7. The van der Waals surface area contributed by atoms with E-state index in [0.29, 0.717) is 5.92 Å². The fraction of sp³-hybridized carbons (Fsp3) is 0.163. The number of fused-ring (bicyclic) bond motifs is 3. The summed E-state index contributed by atoms with van der Waals surface area (Å²) in [5, 5.41) is 8.14. The summed E-state index contributed by atoms with van der Waals surface area (Å²) >= 11 is 1.36. The maximum absolute atomic E-state index is 3.06. The van der Waals surface area contributed by atoms with Gasteiger partial charge in [0, 0.05) is 0 Å². The van der Waals surface area contributed by atoms with E-state index in [0.717, 1.165) is 0 Å². The first-order valence-electron chi connectivity index (χ1n) is 15.0. The summed E-state index contributed by atoms with van der Waals surface area (Å²) in [6.45, 7) is 16.5. The molecule has 0 fully saturated rings. The molecule has 0 saturated heterocycles. The predicted octanol–water partition coefficient (Wildman–Crippen LogP) is 12.5. The summed E-state index contributed by atoms with van der Waals surface area (Å²) in [5.74, 6) is 0.584. The van der Waals surface area contributed by atoms with Crippen LogP contribution in [0.2, 0.25) is 0 Å². The van der Waals surface area contributed by atoms with Crippen molar-refractivity contribution in [3.8, 4) is 22.3 Å². The van der Waals surface area contributed by atoms with Crippen LogP contribution >= 0.6 is 0 Å². The zero-order valence-corrected chi connectivity index (χ0v) is 31.5. The summed E-state index contributed by atoms with van der Waals surface area (Å²) in [7, 11) is 0. The Morgan fingerprint density at radius 3 is 1.91 bits per heavy atom. The van der Waals surface area contributed by atoms with Gasteiger partial charge in [0.15, 0.2) is 0 Å². The molecule has 0 bridgehead atoms. The second-order valence-corrected chi connectivity index (χ2v) is 11.8. The molecule has 228 valence electrons. The van der Waals surface area contributed by atoms with Crippen molar-refractivity contribution in [2.45, 2.75) is 47.5 Å². The van der Waals surface area contributed by atoms with Crippen LogP contribution in [0, 0.1) is 42.5 Å². The summed E-state index contributed by atoms with van der Waals surface area (Å²) in [6.07, 6.45) is 0. The van der Waals surface area contributed by atoms with Crippen LogP contribution in [0.4, 0.5) is 0 Å². The van der Waals surface area contributed by atoms with E-state index in [1.54, 1.807) is 0 Å². The van der Waals surface area contributed by atoms with Crippen molar-refractivity contribution in [3.05, 3.63) is 158 Å². The molecule has 0 aliphatic heterocycles. The van der Waals surface area contributed by atoms with Gasteiger partial charge in [-0.1, -0.05) is 129 Å². The molecule has 7 aromatic carbocycles. The van der Waals surface area contributed by atoms with Gasteiger partial charge in [-0.15, -0.1) is 62.5 Å². The summed E-state index contributed by atoms with van der Waals surface area (Å²) in [5.41, 5.74) is 12.4. The second-order valence-electron chi connectivity index (χ2n) is 11.8. The minimum absolute atomic E-state index is 0. The van der Waals surface area contributed by atoms with Crippen LogP contribution < -0.4 is 0 Å². The van der Waals surface area contributed by atoms with E-state index in [1.165, 1.54) is 106 Å². The Kier molecular flexibility index (Phi) is 12.7. The summed E-state index contributed by atoms with van der Waals surface area (Å²) < 4.78 is 0. The van der Waals surface area contributed by atoms with Crippen LogP contribution in [0.15, 0.2) is 115 Å². The summed E-state index contributed by atoms with van der Waals surface area (Å²) in [4.78, 5) is 0. The number of rotatable bonds is 3. The van der Waals surface area contributed by atoms with Gasteiger partial charge in [-0.3, -0.25) is 0 Å². The van der Waals surface area contributed by atoms with Crippen molar-refractivity contribution in [2.75, 3.05) is 0 Å². The Labute approximate surface area is 288 Å². The average molecular weight is 680 g/mol. The van der Waals surface area contributed by atoms with Gasteiger partial charge in [0.25, 0.3) is 0 Å². The van der Waals surface area contributed by atoms with E-state index in [1.807, 2.05) is 0 Å². The molecule has 0 nitrogen and oxygen atoms in total. The van der Waals surface area contributed by atoms with Gasteiger partial charge < -0.3 is 14.9 Å². The molecular weight excluding hydrogens is 636 g/mol. The van der Waals surface area contributed by atoms with Crippen molar-refractivity contribution in [3.63, 3.8) is 0 Å². The van der Waals surface area contributed by atoms with Crippen LogP contribution in [0.5, 0.6) is 0 Å². The monoisotopic (exact) mass is 678 g/mol. The Balaban J connectivity index is 0.000000229. The van der Waals surface area contributed by atoms with Crippen molar-refractivity contribution in [1.82, 2.24) is 0 Å². The Morgan fingerprint density at radius 1 is 0.578 bits per heavy atom. The second kappa shape index (κ2) is 15.8. The number of aryl methyl sites for hydroxylation is 2.